The maximum absolute atomic E-state index is 12.0. The number of hydrogen-bond donors (Lipinski definition) is 2. The van der Waals surface area contributed by atoms with Gasteiger partial charge in [-0.05, 0) is 43.4 Å². The highest BCUT2D eigenvalue weighted by Gasteiger charge is 2.14. The molecule has 1 heterocycles. The molecule has 0 aliphatic rings. The van der Waals surface area contributed by atoms with Gasteiger partial charge in [0, 0.05) is 10.4 Å². The summed E-state index contributed by atoms with van der Waals surface area (Å²) in [5, 5.41) is 2.75. The predicted octanol–water partition coefficient (Wildman–Crippen LogP) is 1.59. The van der Waals surface area contributed by atoms with Gasteiger partial charge in [-0.2, -0.15) is 0 Å². The Hall–Kier alpha value is -1.90. The van der Waals surface area contributed by atoms with Gasteiger partial charge in [0.05, 0.1) is 13.7 Å². The second-order valence-electron chi connectivity index (χ2n) is 4.34. The first-order valence-electron chi connectivity index (χ1n) is 6.41. The molecule has 1 amide bonds. The molecule has 2 aromatic rings. The number of amides is 1. The van der Waals surface area contributed by atoms with E-state index in [1.165, 1.54) is 13.1 Å². The van der Waals surface area contributed by atoms with Gasteiger partial charge in [-0.25, -0.2) is 13.1 Å². The molecule has 0 atom stereocenters. The lowest BCUT2D eigenvalue weighted by atomic mass is 10.2. The van der Waals surface area contributed by atoms with Crippen LogP contribution < -0.4 is 14.8 Å². The molecule has 118 valence electrons. The molecule has 0 spiro atoms. The summed E-state index contributed by atoms with van der Waals surface area (Å²) in [6.07, 6.45) is 0. The first-order chi connectivity index (χ1) is 10.5. The average Bonchev–Trinajstić information content (AvgIpc) is 3.02. The number of sulfonamides is 1. The van der Waals surface area contributed by atoms with Crippen molar-refractivity contribution in [3.63, 3.8) is 0 Å². The van der Waals surface area contributed by atoms with Crippen LogP contribution in [0.1, 0.15) is 15.2 Å². The number of carbonyl (C=O) groups is 1. The van der Waals surface area contributed by atoms with Crippen molar-refractivity contribution in [2.75, 3.05) is 14.2 Å². The van der Waals surface area contributed by atoms with Crippen molar-refractivity contribution < 1.29 is 17.9 Å². The molecular formula is C14H16N2O4S2. The molecule has 0 fully saturated rings. The van der Waals surface area contributed by atoms with E-state index in [0.29, 0.717) is 11.3 Å². The van der Waals surface area contributed by atoms with Crippen LogP contribution in [-0.2, 0) is 16.6 Å². The van der Waals surface area contributed by atoms with Crippen LogP contribution in [0, 0.1) is 0 Å². The minimum Gasteiger partial charge on any atom is -0.497 e. The number of ether oxygens (including phenoxy) is 1. The van der Waals surface area contributed by atoms with E-state index in [2.05, 4.69) is 10.0 Å². The molecule has 1 aromatic heterocycles. The Morgan fingerprint density at radius 2 is 1.86 bits per heavy atom. The smallest absolute Gasteiger partial charge is 0.251 e. The van der Waals surface area contributed by atoms with Crippen molar-refractivity contribution in [1.29, 1.82) is 0 Å². The monoisotopic (exact) mass is 340 g/mol. The van der Waals surface area contributed by atoms with E-state index in [1.807, 2.05) is 0 Å². The van der Waals surface area contributed by atoms with Gasteiger partial charge >= 0.3 is 0 Å². The number of nitrogens with one attached hydrogen (secondary N) is 2. The van der Waals surface area contributed by atoms with E-state index in [9.17, 15) is 13.2 Å². The molecule has 0 saturated carbocycles. The molecule has 22 heavy (non-hydrogen) atoms. The maximum Gasteiger partial charge on any atom is 0.251 e. The van der Waals surface area contributed by atoms with Crippen molar-refractivity contribution in [1.82, 2.24) is 10.0 Å². The van der Waals surface area contributed by atoms with Crippen LogP contribution >= 0.6 is 11.3 Å². The molecule has 0 radical (unpaired) electrons. The second kappa shape index (κ2) is 6.91. The SMILES string of the molecule is CNS(=O)(=O)c1ccc(CNC(=O)c2ccc(OC)cc2)s1. The van der Waals surface area contributed by atoms with E-state index in [4.69, 9.17) is 4.74 Å². The van der Waals surface area contributed by atoms with Gasteiger partial charge < -0.3 is 10.1 Å². The quantitative estimate of drug-likeness (QED) is 0.836. The van der Waals surface area contributed by atoms with E-state index in [0.717, 1.165) is 16.2 Å². The topological polar surface area (TPSA) is 84.5 Å². The standard InChI is InChI=1S/C14H16N2O4S2/c1-15-22(18,19)13-8-7-12(21-13)9-16-14(17)10-3-5-11(20-2)6-4-10/h3-8,15H,9H2,1-2H3,(H,16,17). The Kier molecular flexibility index (Phi) is 5.17. The highest BCUT2D eigenvalue weighted by Crippen LogP contribution is 2.21. The first kappa shape index (κ1) is 16.5. The molecule has 0 aliphatic carbocycles. The molecule has 2 N–H and O–H groups in total. The zero-order valence-corrected chi connectivity index (χ0v) is 13.8. The summed E-state index contributed by atoms with van der Waals surface area (Å²) in [5.41, 5.74) is 0.514. The van der Waals surface area contributed by atoms with Crippen molar-refractivity contribution in [3.8, 4) is 5.75 Å². The van der Waals surface area contributed by atoms with Gasteiger partial charge in [-0.15, -0.1) is 11.3 Å². The number of carbonyl (C=O) groups excluding carboxylic acids is 1. The Balaban J connectivity index is 1.99. The summed E-state index contributed by atoms with van der Waals surface area (Å²) in [7, 11) is -0.514. The summed E-state index contributed by atoms with van der Waals surface area (Å²) in [6.45, 7) is 0.273. The summed E-state index contributed by atoms with van der Waals surface area (Å²) < 4.78 is 30.8. The summed E-state index contributed by atoms with van der Waals surface area (Å²) in [5.74, 6) is 0.450. The molecule has 8 heteroatoms. The van der Waals surface area contributed by atoms with E-state index in [-0.39, 0.29) is 16.7 Å². The lowest BCUT2D eigenvalue weighted by molar-refractivity contribution is 0.0951. The Labute approximate surface area is 133 Å². The van der Waals surface area contributed by atoms with Crippen LogP contribution in [0.5, 0.6) is 5.75 Å². The fourth-order valence-corrected chi connectivity index (χ4v) is 3.84. The molecule has 0 bridgehead atoms. The van der Waals surface area contributed by atoms with E-state index < -0.39 is 10.0 Å². The largest absolute Gasteiger partial charge is 0.497 e. The minimum atomic E-state index is -3.43. The van der Waals surface area contributed by atoms with Crippen molar-refractivity contribution in [3.05, 3.63) is 46.8 Å². The minimum absolute atomic E-state index is 0.226. The van der Waals surface area contributed by atoms with Gasteiger partial charge in [-0.3, -0.25) is 4.79 Å². The van der Waals surface area contributed by atoms with Crippen molar-refractivity contribution >= 4 is 27.3 Å². The van der Waals surface area contributed by atoms with Crippen LogP contribution in [0.3, 0.4) is 0 Å². The third-order valence-corrected chi connectivity index (χ3v) is 5.94. The lowest BCUT2D eigenvalue weighted by Crippen LogP contribution is -2.22. The average molecular weight is 340 g/mol. The van der Waals surface area contributed by atoms with Gasteiger partial charge in [0.25, 0.3) is 5.91 Å². The molecule has 6 nitrogen and oxygen atoms in total. The molecule has 0 unspecified atom stereocenters. The Morgan fingerprint density at radius 1 is 1.18 bits per heavy atom. The second-order valence-corrected chi connectivity index (χ2v) is 7.62. The maximum atomic E-state index is 12.0. The molecule has 1 aromatic carbocycles. The zero-order valence-electron chi connectivity index (χ0n) is 12.1. The highest BCUT2D eigenvalue weighted by molar-refractivity contribution is 7.91. The fraction of sp³-hybridized carbons (Fsp3) is 0.214. The molecular weight excluding hydrogens is 324 g/mol. The third-order valence-electron chi connectivity index (χ3n) is 2.95. The van der Waals surface area contributed by atoms with Gasteiger partial charge in [0.1, 0.15) is 9.96 Å². The van der Waals surface area contributed by atoms with Gasteiger partial charge in [0.15, 0.2) is 0 Å². The lowest BCUT2D eigenvalue weighted by Gasteiger charge is -2.05. The van der Waals surface area contributed by atoms with Crippen molar-refractivity contribution in [2.24, 2.45) is 0 Å². The molecule has 0 aliphatic heterocycles. The molecule has 0 saturated heterocycles. The van der Waals surface area contributed by atoms with Crippen LogP contribution in [0.4, 0.5) is 0 Å². The van der Waals surface area contributed by atoms with Gasteiger partial charge in [0.2, 0.25) is 10.0 Å². The highest BCUT2D eigenvalue weighted by atomic mass is 32.2. The number of methoxy groups -OCH3 is 1. The zero-order chi connectivity index (χ0) is 16.2. The predicted molar refractivity (Wildman–Crippen MR) is 84.7 cm³/mol. The van der Waals surface area contributed by atoms with Crippen LogP contribution in [0.25, 0.3) is 0 Å². The number of hydrogen-bond acceptors (Lipinski definition) is 5. The van der Waals surface area contributed by atoms with Crippen LogP contribution in [-0.4, -0.2) is 28.5 Å². The fourth-order valence-electron chi connectivity index (χ4n) is 1.71. The van der Waals surface area contributed by atoms with Crippen LogP contribution in [0.15, 0.2) is 40.6 Å². The number of thiophene rings is 1. The van der Waals surface area contributed by atoms with Gasteiger partial charge in [-0.1, -0.05) is 0 Å². The third kappa shape index (κ3) is 3.85. The summed E-state index contributed by atoms with van der Waals surface area (Å²) >= 11 is 1.12. The van der Waals surface area contributed by atoms with Crippen molar-refractivity contribution in [2.45, 2.75) is 10.8 Å². The Morgan fingerprint density at radius 3 is 2.45 bits per heavy atom. The summed E-state index contributed by atoms with van der Waals surface area (Å²) in [4.78, 5) is 12.8. The number of rotatable bonds is 6. The summed E-state index contributed by atoms with van der Waals surface area (Å²) in [6, 6.07) is 9.95. The normalized spacial score (nSPS) is 11.2. The Bertz CT molecular complexity index is 751. The first-order valence-corrected chi connectivity index (χ1v) is 8.71. The van der Waals surface area contributed by atoms with E-state index in [1.54, 1.807) is 37.4 Å². The number of benzene rings is 1. The molecule has 2 rings (SSSR count). The van der Waals surface area contributed by atoms with E-state index >= 15 is 0 Å². The van der Waals surface area contributed by atoms with Crippen LogP contribution in [0.2, 0.25) is 0 Å².